The second kappa shape index (κ2) is 4.38. The number of carbonyl (C=O) groups excluding carboxylic acids is 1. The summed E-state index contributed by atoms with van der Waals surface area (Å²) in [5.74, 6) is 0. The fraction of sp³-hybridized carbons (Fsp3) is 0.667. The first-order chi connectivity index (χ1) is 7.22. The highest BCUT2D eigenvalue weighted by Gasteiger charge is 2.39. The molecule has 0 aromatic carbocycles. The summed E-state index contributed by atoms with van der Waals surface area (Å²) in [5.41, 5.74) is 0. The summed E-state index contributed by atoms with van der Waals surface area (Å²) in [6.07, 6.45) is 3.28. The zero-order valence-electron chi connectivity index (χ0n) is 8.10. The minimum Gasteiger partial charge on any atom is -0.394 e. The van der Waals surface area contributed by atoms with Crippen LogP contribution in [0.4, 0.5) is 4.79 Å². The largest absolute Gasteiger partial charge is 0.394 e. The quantitative estimate of drug-likeness (QED) is 0.671. The lowest BCUT2D eigenvalue weighted by Gasteiger charge is -2.29. The molecule has 3 unspecified atom stereocenters. The Labute approximate surface area is 92.6 Å². The van der Waals surface area contributed by atoms with Crippen LogP contribution in [0.25, 0.3) is 0 Å². The highest BCUT2D eigenvalue weighted by Crippen LogP contribution is 2.28. The van der Waals surface area contributed by atoms with Gasteiger partial charge in [-0.25, -0.2) is 4.79 Å². The second-order valence-corrected chi connectivity index (χ2v) is 4.12. The maximum atomic E-state index is 11.5. The fourth-order valence-electron chi connectivity index (χ4n) is 1.73. The van der Waals surface area contributed by atoms with Crippen LogP contribution in [-0.2, 0) is 4.74 Å². The maximum Gasteiger partial charge on any atom is 0.323 e. The first-order valence-corrected chi connectivity index (χ1v) is 5.29. The van der Waals surface area contributed by atoms with Crippen molar-refractivity contribution in [3.8, 4) is 0 Å². The molecule has 0 bridgehead atoms. The molecule has 2 amide bonds. The van der Waals surface area contributed by atoms with E-state index in [9.17, 15) is 4.79 Å². The SMILES string of the molecule is O=C1NCC=CN1C1OC(CO)CC1Cl. The molecule has 0 radical (unpaired) electrons. The lowest BCUT2D eigenvalue weighted by Crippen LogP contribution is -2.48. The van der Waals surface area contributed by atoms with Crippen LogP contribution < -0.4 is 5.32 Å². The van der Waals surface area contributed by atoms with Crippen molar-refractivity contribution >= 4 is 17.6 Å². The van der Waals surface area contributed by atoms with Gasteiger partial charge in [0.2, 0.25) is 0 Å². The Kier molecular flexibility index (Phi) is 3.14. The van der Waals surface area contributed by atoms with E-state index in [2.05, 4.69) is 5.32 Å². The van der Waals surface area contributed by atoms with Gasteiger partial charge in [0.1, 0.15) is 0 Å². The molecule has 3 atom stereocenters. The number of ether oxygens (including phenoxy) is 1. The summed E-state index contributed by atoms with van der Waals surface area (Å²) in [4.78, 5) is 12.9. The van der Waals surface area contributed by atoms with E-state index in [1.54, 1.807) is 6.20 Å². The minimum atomic E-state index is -0.486. The molecule has 2 aliphatic rings. The van der Waals surface area contributed by atoms with Crippen molar-refractivity contribution in [2.45, 2.75) is 24.1 Å². The maximum absolute atomic E-state index is 11.5. The number of hydrogen-bond donors (Lipinski definition) is 2. The lowest BCUT2D eigenvalue weighted by molar-refractivity contribution is -0.0359. The lowest BCUT2D eigenvalue weighted by atomic mass is 10.2. The molecule has 0 aliphatic carbocycles. The average Bonchev–Trinajstić information content (AvgIpc) is 2.60. The highest BCUT2D eigenvalue weighted by atomic mass is 35.5. The standard InChI is InChI=1S/C9H13ClN2O3/c10-7-4-6(5-13)15-8(7)12-3-1-2-11-9(12)14/h1,3,6-8,13H,2,4-5H2,(H,11,14). The molecule has 2 rings (SSSR count). The van der Waals surface area contributed by atoms with Crippen molar-refractivity contribution in [3.63, 3.8) is 0 Å². The molecule has 2 heterocycles. The number of hydrogen-bond acceptors (Lipinski definition) is 3. The second-order valence-electron chi connectivity index (χ2n) is 3.56. The molecular weight excluding hydrogens is 220 g/mol. The molecule has 1 saturated heterocycles. The molecule has 0 aromatic rings. The summed E-state index contributed by atoms with van der Waals surface area (Å²) < 4.78 is 5.46. The van der Waals surface area contributed by atoms with Crippen LogP contribution in [0.15, 0.2) is 12.3 Å². The highest BCUT2D eigenvalue weighted by molar-refractivity contribution is 6.21. The molecule has 15 heavy (non-hydrogen) atoms. The van der Waals surface area contributed by atoms with Crippen LogP contribution in [0.2, 0.25) is 0 Å². The normalized spacial score (nSPS) is 35.7. The number of nitrogens with zero attached hydrogens (tertiary/aromatic N) is 1. The summed E-state index contributed by atoms with van der Waals surface area (Å²) in [6, 6.07) is -0.216. The predicted molar refractivity (Wildman–Crippen MR) is 54.4 cm³/mol. The van der Waals surface area contributed by atoms with Crippen molar-refractivity contribution in [2.24, 2.45) is 0 Å². The topological polar surface area (TPSA) is 61.8 Å². The van der Waals surface area contributed by atoms with Crippen molar-refractivity contribution in [2.75, 3.05) is 13.2 Å². The predicted octanol–water partition coefficient (Wildman–Crippen LogP) is 0.240. The monoisotopic (exact) mass is 232 g/mol. The number of urea groups is 1. The van der Waals surface area contributed by atoms with E-state index in [0.29, 0.717) is 13.0 Å². The number of nitrogens with one attached hydrogen (secondary N) is 1. The molecule has 2 aliphatic heterocycles. The van der Waals surface area contributed by atoms with Gasteiger partial charge in [0.15, 0.2) is 6.23 Å². The van der Waals surface area contributed by atoms with Crippen molar-refractivity contribution in [3.05, 3.63) is 12.3 Å². The summed E-state index contributed by atoms with van der Waals surface area (Å²) in [7, 11) is 0. The number of halogens is 1. The van der Waals surface area contributed by atoms with Crippen LogP contribution >= 0.6 is 11.6 Å². The Morgan fingerprint density at radius 1 is 1.73 bits per heavy atom. The molecule has 5 nitrogen and oxygen atoms in total. The zero-order valence-corrected chi connectivity index (χ0v) is 8.85. The van der Waals surface area contributed by atoms with E-state index >= 15 is 0 Å². The van der Waals surface area contributed by atoms with Gasteiger partial charge >= 0.3 is 6.03 Å². The summed E-state index contributed by atoms with van der Waals surface area (Å²) >= 11 is 6.06. The number of aliphatic hydroxyl groups excluding tert-OH is 1. The third kappa shape index (κ3) is 2.09. The third-order valence-corrected chi connectivity index (χ3v) is 2.87. The van der Waals surface area contributed by atoms with Gasteiger partial charge in [-0.05, 0) is 12.5 Å². The number of alkyl halides is 1. The molecular formula is C9H13ClN2O3. The van der Waals surface area contributed by atoms with Crippen LogP contribution in [0.3, 0.4) is 0 Å². The first-order valence-electron chi connectivity index (χ1n) is 4.85. The van der Waals surface area contributed by atoms with Crippen LogP contribution in [-0.4, -0.2) is 46.9 Å². The van der Waals surface area contributed by atoms with Gasteiger partial charge in [-0.3, -0.25) is 4.90 Å². The first kappa shape index (κ1) is 10.7. The van der Waals surface area contributed by atoms with E-state index in [1.165, 1.54) is 4.90 Å². The van der Waals surface area contributed by atoms with Gasteiger partial charge in [0.25, 0.3) is 0 Å². The van der Waals surface area contributed by atoms with Gasteiger partial charge in [-0.2, -0.15) is 0 Å². The number of rotatable bonds is 2. The molecule has 6 heteroatoms. The number of carbonyl (C=O) groups is 1. The molecule has 0 saturated carbocycles. The van der Waals surface area contributed by atoms with Crippen LogP contribution in [0.1, 0.15) is 6.42 Å². The summed E-state index contributed by atoms with van der Waals surface area (Å²) in [6.45, 7) is 0.456. The van der Waals surface area contributed by atoms with Gasteiger partial charge < -0.3 is 15.2 Å². The number of amides is 2. The van der Waals surface area contributed by atoms with E-state index in [-0.39, 0.29) is 24.1 Å². The van der Waals surface area contributed by atoms with Crippen molar-refractivity contribution in [1.29, 1.82) is 0 Å². The van der Waals surface area contributed by atoms with Gasteiger partial charge in [0.05, 0.1) is 18.1 Å². The fourth-order valence-corrected chi connectivity index (χ4v) is 2.11. The molecule has 1 fully saturated rings. The van der Waals surface area contributed by atoms with Crippen LogP contribution in [0, 0.1) is 0 Å². The zero-order chi connectivity index (χ0) is 10.8. The van der Waals surface area contributed by atoms with Crippen molar-refractivity contribution < 1.29 is 14.6 Å². The van der Waals surface area contributed by atoms with E-state index in [0.717, 1.165) is 0 Å². The minimum absolute atomic E-state index is 0.0705. The van der Waals surface area contributed by atoms with Crippen LogP contribution in [0.5, 0.6) is 0 Å². The Balaban J connectivity index is 2.06. The van der Waals surface area contributed by atoms with Crippen molar-refractivity contribution in [1.82, 2.24) is 10.2 Å². The van der Waals surface area contributed by atoms with E-state index < -0.39 is 6.23 Å². The molecule has 0 aromatic heterocycles. The molecule has 84 valence electrons. The molecule has 0 spiro atoms. The third-order valence-electron chi connectivity index (χ3n) is 2.48. The smallest absolute Gasteiger partial charge is 0.323 e. The Morgan fingerprint density at radius 3 is 3.13 bits per heavy atom. The van der Waals surface area contributed by atoms with Gasteiger partial charge in [-0.1, -0.05) is 0 Å². The molecule has 2 N–H and O–H groups in total. The Bertz CT molecular complexity index is 285. The van der Waals surface area contributed by atoms with Gasteiger partial charge in [0, 0.05) is 12.7 Å². The average molecular weight is 233 g/mol. The number of aliphatic hydroxyl groups is 1. The Hall–Kier alpha value is -0.780. The Morgan fingerprint density at radius 2 is 2.53 bits per heavy atom. The van der Waals surface area contributed by atoms with E-state index in [4.69, 9.17) is 21.4 Å². The summed E-state index contributed by atoms with van der Waals surface area (Å²) in [5, 5.41) is 11.3. The van der Waals surface area contributed by atoms with E-state index in [1.807, 2.05) is 6.08 Å². The van der Waals surface area contributed by atoms with Gasteiger partial charge in [-0.15, -0.1) is 11.6 Å².